The SMILES string of the molecule is CCc1ccc2c(c1C(C)=N)NCCO2. The predicted molar refractivity (Wildman–Crippen MR) is 62.3 cm³/mol. The highest BCUT2D eigenvalue weighted by Gasteiger charge is 2.17. The molecule has 2 rings (SSSR count). The van der Waals surface area contributed by atoms with E-state index in [0.29, 0.717) is 12.3 Å². The Morgan fingerprint density at radius 1 is 1.53 bits per heavy atom. The molecular weight excluding hydrogens is 188 g/mol. The summed E-state index contributed by atoms with van der Waals surface area (Å²) in [7, 11) is 0. The van der Waals surface area contributed by atoms with Gasteiger partial charge in [0, 0.05) is 17.8 Å². The first-order chi connectivity index (χ1) is 7.24. The molecule has 1 aliphatic heterocycles. The molecule has 0 aliphatic carbocycles. The number of benzene rings is 1. The molecule has 0 unspecified atom stereocenters. The molecule has 0 amide bonds. The molecule has 3 heteroatoms. The Labute approximate surface area is 90.0 Å². The van der Waals surface area contributed by atoms with E-state index in [1.807, 2.05) is 13.0 Å². The second kappa shape index (κ2) is 3.93. The van der Waals surface area contributed by atoms with Gasteiger partial charge in [-0.2, -0.15) is 0 Å². The van der Waals surface area contributed by atoms with Crippen LogP contribution in [0.5, 0.6) is 5.75 Å². The van der Waals surface area contributed by atoms with Gasteiger partial charge >= 0.3 is 0 Å². The van der Waals surface area contributed by atoms with Gasteiger partial charge in [0.2, 0.25) is 0 Å². The zero-order valence-corrected chi connectivity index (χ0v) is 9.18. The van der Waals surface area contributed by atoms with Gasteiger partial charge in [0.1, 0.15) is 12.4 Å². The van der Waals surface area contributed by atoms with Gasteiger partial charge in [-0.05, 0) is 25.0 Å². The van der Waals surface area contributed by atoms with Gasteiger partial charge in [-0.1, -0.05) is 13.0 Å². The summed E-state index contributed by atoms with van der Waals surface area (Å²) in [6, 6.07) is 4.05. The second-order valence-electron chi connectivity index (χ2n) is 3.73. The topological polar surface area (TPSA) is 45.1 Å². The molecule has 2 N–H and O–H groups in total. The van der Waals surface area contributed by atoms with Crippen molar-refractivity contribution >= 4 is 11.4 Å². The molecule has 80 valence electrons. The Hall–Kier alpha value is -1.51. The van der Waals surface area contributed by atoms with E-state index in [1.54, 1.807) is 0 Å². The van der Waals surface area contributed by atoms with E-state index in [-0.39, 0.29) is 0 Å². The molecule has 15 heavy (non-hydrogen) atoms. The summed E-state index contributed by atoms with van der Waals surface area (Å²) >= 11 is 0. The molecule has 0 atom stereocenters. The average Bonchev–Trinajstić information content (AvgIpc) is 2.27. The summed E-state index contributed by atoms with van der Waals surface area (Å²) in [5, 5.41) is 11.1. The van der Waals surface area contributed by atoms with Gasteiger partial charge in [-0.25, -0.2) is 0 Å². The molecule has 0 saturated heterocycles. The van der Waals surface area contributed by atoms with E-state index >= 15 is 0 Å². The zero-order chi connectivity index (χ0) is 10.8. The fourth-order valence-electron chi connectivity index (χ4n) is 1.98. The second-order valence-corrected chi connectivity index (χ2v) is 3.73. The first kappa shape index (κ1) is 10.0. The molecule has 0 spiro atoms. The molecule has 0 bridgehead atoms. The van der Waals surface area contributed by atoms with Crippen molar-refractivity contribution in [3.8, 4) is 5.75 Å². The fourth-order valence-corrected chi connectivity index (χ4v) is 1.98. The van der Waals surface area contributed by atoms with E-state index in [2.05, 4.69) is 18.3 Å². The van der Waals surface area contributed by atoms with Crippen LogP contribution in [0.3, 0.4) is 0 Å². The summed E-state index contributed by atoms with van der Waals surface area (Å²) in [6.45, 7) is 5.46. The molecular formula is C12H16N2O. The third-order valence-corrected chi connectivity index (χ3v) is 2.67. The van der Waals surface area contributed by atoms with E-state index in [1.165, 1.54) is 5.56 Å². The summed E-state index contributed by atoms with van der Waals surface area (Å²) in [6.07, 6.45) is 0.945. The Balaban J connectivity index is 2.59. The van der Waals surface area contributed by atoms with Crippen LogP contribution in [-0.4, -0.2) is 18.9 Å². The van der Waals surface area contributed by atoms with Crippen LogP contribution in [0.15, 0.2) is 12.1 Å². The largest absolute Gasteiger partial charge is 0.490 e. The van der Waals surface area contributed by atoms with Crippen LogP contribution < -0.4 is 10.1 Å². The van der Waals surface area contributed by atoms with E-state index < -0.39 is 0 Å². The van der Waals surface area contributed by atoms with Crippen molar-refractivity contribution in [2.75, 3.05) is 18.5 Å². The lowest BCUT2D eigenvalue weighted by molar-refractivity contribution is 0.323. The quantitative estimate of drug-likeness (QED) is 0.727. The van der Waals surface area contributed by atoms with Crippen molar-refractivity contribution in [1.82, 2.24) is 0 Å². The Bertz CT molecular complexity index is 399. The number of hydrogen-bond donors (Lipinski definition) is 2. The summed E-state index contributed by atoms with van der Waals surface area (Å²) in [5.74, 6) is 0.875. The van der Waals surface area contributed by atoms with E-state index in [0.717, 1.165) is 30.0 Å². The molecule has 1 aromatic carbocycles. The number of rotatable bonds is 2. The lowest BCUT2D eigenvalue weighted by atomic mass is 9.98. The Morgan fingerprint density at radius 2 is 2.33 bits per heavy atom. The predicted octanol–water partition coefficient (Wildman–Crippen LogP) is 2.44. The fraction of sp³-hybridized carbons (Fsp3) is 0.417. The number of fused-ring (bicyclic) bond motifs is 1. The monoisotopic (exact) mass is 204 g/mol. The van der Waals surface area contributed by atoms with Crippen LogP contribution in [0.2, 0.25) is 0 Å². The van der Waals surface area contributed by atoms with Crippen molar-refractivity contribution in [3.05, 3.63) is 23.3 Å². The third kappa shape index (κ3) is 1.69. The Morgan fingerprint density at radius 3 is 3.00 bits per heavy atom. The summed E-state index contributed by atoms with van der Waals surface area (Å²) in [4.78, 5) is 0. The maximum absolute atomic E-state index is 7.82. The smallest absolute Gasteiger partial charge is 0.143 e. The highest BCUT2D eigenvalue weighted by atomic mass is 16.5. The highest BCUT2D eigenvalue weighted by Crippen LogP contribution is 2.33. The molecule has 0 radical (unpaired) electrons. The molecule has 3 nitrogen and oxygen atoms in total. The molecule has 0 aromatic heterocycles. The van der Waals surface area contributed by atoms with Gasteiger partial charge in [-0.3, -0.25) is 0 Å². The standard InChI is InChI=1S/C12H16N2O/c1-3-9-4-5-10-12(11(9)8(2)13)14-6-7-15-10/h4-5,13-14H,3,6-7H2,1-2H3. The number of ether oxygens (including phenoxy) is 1. The Kier molecular flexibility index (Phi) is 2.62. The lowest BCUT2D eigenvalue weighted by Gasteiger charge is -2.23. The van der Waals surface area contributed by atoms with Gasteiger partial charge in [-0.15, -0.1) is 0 Å². The highest BCUT2D eigenvalue weighted by molar-refractivity contribution is 6.04. The minimum Gasteiger partial charge on any atom is -0.490 e. The molecule has 0 fully saturated rings. The zero-order valence-electron chi connectivity index (χ0n) is 9.18. The molecule has 0 saturated carbocycles. The number of hydrogen-bond acceptors (Lipinski definition) is 3. The number of aryl methyl sites for hydroxylation is 1. The van der Waals surface area contributed by atoms with Gasteiger partial charge < -0.3 is 15.5 Å². The van der Waals surface area contributed by atoms with Gasteiger partial charge in [0.05, 0.1) is 5.69 Å². The number of nitrogens with one attached hydrogen (secondary N) is 2. The van der Waals surface area contributed by atoms with Crippen molar-refractivity contribution < 1.29 is 4.74 Å². The molecule has 1 aliphatic rings. The first-order valence-electron chi connectivity index (χ1n) is 5.32. The molecule has 1 aromatic rings. The van der Waals surface area contributed by atoms with Crippen molar-refractivity contribution in [2.45, 2.75) is 20.3 Å². The van der Waals surface area contributed by atoms with E-state index in [9.17, 15) is 0 Å². The minimum absolute atomic E-state index is 0.599. The van der Waals surface area contributed by atoms with Gasteiger partial charge in [0.15, 0.2) is 0 Å². The van der Waals surface area contributed by atoms with Crippen molar-refractivity contribution in [1.29, 1.82) is 5.41 Å². The third-order valence-electron chi connectivity index (χ3n) is 2.67. The van der Waals surface area contributed by atoms with Gasteiger partial charge in [0.25, 0.3) is 0 Å². The van der Waals surface area contributed by atoms with Crippen LogP contribution in [0.1, 0.15) is 25.0 Å². The summed E-state index contributed by atoms with van der Waals surface area (Å²) in [5.41, 5.74) is 3.81. The van der Waals surface area contributed by atoms with Crippen LogP contribution in [0.25, 0.3) is 0 Å². The maximum atomic E-state index is 7.82. The lowest BCUT2D eigenvalue weighted by Crippen LogP contribution is -2.20. The van der Waals surface area contributed by atoms with Crippen LogP contribution in [-0.2, 0) is 6.42 Å². The minimum atomic E-state index is 0.599. The normalized spacial score (nSPS) is 13.7. The van der Waals surface area contributed by atoms with Crippen molar-refractivity contribution in [2.24, 2.45) is 0 Å². The maximum Gasteiger partial charge on any atom is 0.143 e. The van der Waals surface area contributed by atoms with Crippen molar-refractivity contribution in [3.63, 3.8) is 0 Å². The first-order valence-corrected chi connectivity index (χ1v) is 5.32. The van der Waals surface area contributed by atoms with Crippen LogP contribution >= 0.6 is 0 Å². The van der Waals surface area contributed by atoms with Crippen LogP contribution in [0.4, 0.5) is 5.69 Å². The number of anilines is 1. The summed E-state index contributed by atoms with van der Waals surface area (Å²) < 4.78 is 5.55. The average molecular weight is 204 g/mol. The van der Waals surface area contributed by atoms with Crippen LogP contribution in [0, 0.1) is 5.41 Å². The molecule has 1 heterocycles. The van der Waals surface area contributed by atoms with E-state index in [4.69, 9.17) is 10.1 Å².